The third-order valence-corrected chi connectivity index (χ3v) is 7.06. The summed E-state index contributed by atoms with van der Waals surface area (Å²) in [6.07, 6.45) is 40.2. The van der Waals surface area contributed by atoms with Crippen molar-refractivity contribution < 1.29 is 25.2 Å². The first-order chi connectivity index (χ1) is 21.4. The van der Waals surface area contributed by atoms with E-state index >= 15 is 0 Å². The number of hydrogen-bond acceptors (Lipinski definition) is 5. The molecule has 0 aliphatic carbocycles. The highest BCUT2D eigenvalue weighted by Crippen LogP contribution is 2.11. The summed E-state index contributed by atoms with van der Waals surface area (Å²) in [5, 5.41) is 42.5. The van der Waals surface area contributed by atoms with E-state index in [1.165, 1.54) is 51.4 Å². The molecule has 0 aromatic rings. The van der Waals surface area contributed by atoms with Gasteiger partial charge in [0, 0.05) is 6.42 Å². The molecule has 0 saturated heterocycles. The van der Waals surface area contributed by atoms with Crippen molar-refractivity contribution in [1.29, 1.82) is 0 Å². The zero-order chi connectivity index (χ0) is 32.5. The number of amides is 1. The molecule has 0 spiro atoms. The van der Waals surface area contributed by atoms with Crippen LogP contribution in [0.1, 0.15) is 117 Å². The molecule has 0 aliphatic heterocycles. The Morgan fingerprint density at radius 2 is 1.20 bits per heavy atom. The third-order valence-electron chi connectivity index (χ3n) is 7.06. The Hall–Kier alpha value is -2.51. The summed E-state index contributed by atoms with van der Waals surface area (Å²) >= 11 is 0. The van der Waals surface area contributed by atoms with Crippen LogP contribution in [0.5, 0.6) is 0 Å². The fraction of sp³-hybridized carbons (Fsp3) is 0.605. The Morgan fingerprint density at radius 3 is 1.80 bits per heavy atom. The topological polar surface area (TPSA) is 110 Å². The van der Waals surface area contributed by atoms with Gasteiger partial charge in [-0.15, -0.1) is 0 Å². The van der Waals surface area contributed by atoms with Gasteiger partial charge in [-0.1, -0.05) is 150 Å². The summed E-state index contributed by atoms with van der Waals surface area (Å²) in [5.74, 6) is -0.199. The molecule has 0 saturated carbocycles. The molecule has 0 bridgehead atoms. The maximum atomic E-state index is 12.2. The van der Waals surface area contributed by atoms with Gasteiger partial charge in [-0.05, 0) is 44.9 Å². The van der Waals surface area contributed by atoms with Crippen molar-refractivity contribution >= 4 is 5.91 Å². The Morgan fingerprint density at radius 1 is 0.636 bits per heavy atom. The molecule has 1 amide bonds. The predicted molar refractivity (Wildman–Crippen MR) is 186 cm³/mol. The number of nitrogens with one attached hydrogen (secondary N) is 1. The molecule has 0 aromatic carbocycles. The van der Waals surface area contributed by atoms with E-state index in [-0.39, 0.29) is 18.9 Å². The van der Waals surface area contributed by atoms with Crippen LogP contribution >= 0.6 is 0 Å². The van der Waals surface area contributed by atoms with Crippen LogP contribution in [0.2, 0.25) is 0 Å². The molecular weight excluding hydrogens is 550 g/mol. The normalized spacial score (nSPS) is 15.7. The summed E-state index contributed by atoms with van der Waals surface area (Å²) in [6.45, 7) is 3.98. The minimum atomic E-state index is -0.904. The summed E-state index contributed by atoms with van der Waals surface area (Å²) < 4.78 is 0. The molecule has 4 atom stereocenters. The van der Waals surface area contributed by atoms with Crippen LogP contribution in [0, 0.1) is 0 Å². The average molecular weight is 614 g/mol. The Kier molecular flexibility index (Phi) is 30.1. The second-order valence-corrected chi connectivity index (χ2v) is 11.3. The molecule has 6 nitrogen and oxygen atoms in total. The van der Waals surface area contributed by atoms with Crippen LogP contribution in [-0.4, -0.2) is 57.3 Å². The predicted octanol–water partition coefficient (Wildman–Crippen LogP) is 7.72. The minimum Gasteiger partial charge on any atom is -0.394 e. The van der Waals surface area contributed by atoms with Crippen molar-refractivity contribution in [3.05, 3.63) is 85.1 Å². The largest absolute Gasteiger partial charge is 0.394 e. The van der Waals surface area contributed by atoms with E-state index in [1.807, 2.05) is 54.7 Å². The van der Waals surface area contributed by atoms with Crippen LogP contribution in [0.3, 0.4) is 0 Å². The van der Waals surface area contributed by atoms with Gasteiger partial charge < -0.3 is 25.7 Å². The summed E-state index contributed by atoms with van der Waals surface area (Å²) in [4.78, 5) is 12.2. The van der Waals surface area contributed by atoms with E-state index in [1.54, 1.807) is 30.4 Å². The Labute approximate surface area is 268 Å². The lowest BCUT2D eigenvalue weighted by molar-refractivity contribution is -0.122. The van der Waals surface area contributed by atoms with E-state index in [9.17, 15) is 25.2 Å². The number of hydrogen-bond donors (Lipinski definition) is 5. The van der Waals surface area contributed by atoms with Gasteiger partial charge in [-0.2, -0.15) is 0 Å². The molecule has 5 N–H and O–H groups in total. The summed E-state index contributed by atoms with van der Waals surface area (Å²) in [6, 6.07) is -0.702. The van der Waals surface area contributed by atoms with Gasteiger partial charge in [0.1, 0.15) is 0 Å². The van der Waals surface area contributed by atoms with Gasteiger partial charge in [-0.25, -0.2) is 0 Å². The first-order valence-electron chi connectivity index (χ1n) is 17.0. The van der Waals surface area contributed by atoms with Crippen molar-refractivity contribution in [1.82, 2.24) is 5.32 Å². The number of allylic oxidation sites excluding steroid dienone is 9. The summed E-state index contributed by atoms with van der Waals surface area (Å²) in [7, 11) is 0. The zero-order valence-electron chi connectivity index (χ0n) is 27.6. The third kappa shape index (κ3) is 28.3. The zero-order valence-corrected chi connectivity index (χ0v) is 27.6. The number of carbonyl (C=O) groups excluding carboxylic acids is 1. The molecule has 0 aliphatic rings. The number of rotatable bonds is 28. The Bertz CT molecular complexity index is 870. The fourth-order valence-electron chi connectivity index (χ4n) is 4.37. The van der Waals surface area contributed by atoms with E-state index < -0.39 is 24.4 Å². The second kappa shape index (κ2) is 31.9. The fourth-order valence-corrected chi connectivity index (χ4v) is 4.37. The van der Waals surface area contributed by atoms with Crippen molar-refractivity contribution in [2.45, 2.75) is 141 Å². The average Bonchev–Trinajstić information content (AvgIpc) is 3.01. The number of aliphatic hydroxyl groups excluding tert-OH is 4. The SMILES string of the molecule is CC/C=C\C[C@H](O)/C=C/C=C\C=C\[C@H](O)C/C=C\C/C=C\CCC(=O)N[C@@H](CO)[C@H](O)/C=C/CCCCCCCCCCC. The minimum absolute atomic E-state index is 0.199. The van der Waals surface area contributed by atoms with E-state index in [4.69, 9.17) is 0 Å². The van der Waals surface area contributed by atoms with Crippen LogP contribution in [0.25, 0.3) is 0 Å². The number of unbranched alkanes of at least 4 members (excludes halogenated alkanes) is 9. The van der Waals surface area contributed by atoms with E-state index in [0.29, 0.717) is 25.7 Å². The van der Waals surface area contributed by atoms with Crippen LogP contribution < -0.4 is 5.32 Å². The lowest BCUT2D eigenvalue weighted by atomic mass is 10.1. The molecule has 0 fully saturated rings. The van der Waals surface area contributed by atoms with Crippen molar-refractivity contribution in [3.8, 4) is 0 Å². The molecule has 0 heterocycles. The molecule has 0 aromatic heterocycles. The smallest absolute Gasteiger partial charge is 0.220 e. The highest BCUT2D eigenvalue weighted by molar-refractivity contribution is 5.76. The second-order valence-electron chi connectivity index (χ2n) is 11.3. The van der Waals surface area contributed by atoms with Crippen molar-refractivity contribution in [3.63, 3.8) is 0 Å². The van der Waals surface area contributed by atoms with Gasteiger partial charge in [0.25, 0.3) is 0 Å². The maximum absolute atomic E-state index is 12.2. The van der Waals surface area contributed by atoms with Crippen molar-refractivity contribution in [2.75, 3.05) is 6.61 Å². The highest BCUT2D eigenvalue weighted by atomic mass is 16.3. The van der Waals surface area contributed by atoms with Crippen LogP contribution in [0.4, 0.5) is 0 Å². The van der Waals surface area contributed by atoms with Gasteiger partial charge in [-0.3, -0.25) is 4.79 Å². The number of carbonyl (C=O) groups is 1. The maximum Gasteiger partial charge on any atom is 0.220 e. The van der Waals surface area contributed by atoms with E-state index in [2.05, 4.69) is 19.2 Å². The lowest BCUT2D eigenvalue weighted by Crippen LogP contribution is -2.45. The monoisotopic (exact) mass is 613 g/mol. The van der Waals surface area contributed by atoms with Gasteiger partial charge in [0.2, 0.25) is 5.91 Å². The highest BCUT2D eigenvalue weighted by Gasteiger charge is 2.17. The van der Waals surface area contributed by atoms with E-state index in [0.717, 1.165) is 19.3 Å². The number of aliphatic hydroxyl groups is 4. The molecular formula is C38H63NO5. The summed E-state index contributed by atoms with van der Waals surface area (Å²) in [5.41, 5.74) is 0. The molecule has 0 rings (SSSR count). The van der Waals surface area contributed by atoms with Gasteiger partial charge in [0.05, 0.1) is 31.0 Å². The standard InChI is InChI=1S/C38H63NO5/c1-3-5-7-8-9-10-11-12-13-17-25-31-37(43)36(33-40)39-38(44)32-26-18-15-14-16-22-28-35(42)30-24-20-19-23-29-34(41)27-21-6-4-2/h6,15-16,18-25,29-31,34-37,40-43H,3-5,7-14,17,26-28,32-33H2,1-2H3,(H,39,44)/b18-15-,20-19-,21-6-,22-16-,29-23+,30-24+,31-25+/t34-,35+,36-,37+/m0/s1. The molecule has 44 heavy (non-hydrogen) atoms. The molecule has 0 unspecified atom stereocenters. The van der Waals surface area contributed by atoms with Crippen molar-refractivity contribution in [2.24, 2.45) is 0 Å². The Balaban J connectivity index is 4.02. The first-order valence-corrected chi connectivity index (χ1v) is 17.0. The quantitative estimate of drug-likeness (QED) is 0.0353. The van der Waals surface area contributed by atoms with Crippen LogP contribution in [-0.2, 0) is 4.79 Å². The van der Waals surface area contributed by atoms with Gasteiger partial charge in [0.15, 0.2) is 0 Å². The lowest BCUT2D eigenvalue weighted by Gasteiger charge is -2.19. The van der Waals surface area contributed by atoms with Gasteiger partial charge >= 0.3 is 0 Å². The van der Waals surface area contributed by atoms with Crippen LogP contribution in [0.15, 0.2) is 85.1 Å². The first kappa shape index (κ1) is 41.5. The molecule has 250 valence electrons. The molecule has 6 heteroatoms. The molecule has 0 radical (unpaired) electrons.